The van der Waals surface area contributed by atoms with Crippen molar-refractivity contribution >= 4 is 33.4 Å². The molecule has 25 heavy (non-hydrogen) atoms. The van der Waals surface area contributed by atoms with Gasteiger partial charge in [-0.15, -0.1) is 10.2 Å². The number of piperidine rings is 1. The van der Waals surface area contributed by atoms with Gasteiger partial charge in [-0.1, -0.05) is 41.9 Å². The fourth-order valence-corrected chi connectivity index (χ4v) is 4.91. The predicted octanol–water partition coefficient (Wildman–Crippen LogP) is 3.76. The van der Waals surface area contributed by atoms with Gasteiger partial charge in [0.15, 0.2) is 0 Å². The number of sulfonamides is 1. The summed E-state index contributed by atoms with van der Waals surface area (Å²) in [5.41, 5.74) is 2.02. The summed E-state index contributed by atoms with van der Waals surface area (Å²) < 4.78 is 32.7. The van der Waals surface area contributed by atoms with Gasteiger partial charge in [-0.3, -0.25) is 0 Å². The lowest BCUT2D eigenvalue weighted by Gasteiger charge is -2.25. The van der Waals surface area contributed by atoms with E-state index in [4.69, 9.17) is 16.0 Å². The minimum Gasteiger partial charge on any atom is -0.411 e. The van der Waals surface area contributed by atoms with E-state index in [2.05, 4.69) is 10.2 Å². The van der Waals surface area contributed by atoms with Crippen LogP contribution in [0, 0.1) is 0 Å². The summed E-state index contributed by atoms with van der Waals surface area (Å²) in [6, 6.07) is 6.64. The number of aromatic nitrogens is 2. The van der Waals surface area contributed by atoms with Crippen LogP contribution in [0.2, 0.25) is 0 Å². The first kappa shape index (κ1) is 18.4. The topological polar surface area (TPSA) is 76.3 Å². The Morgan fingerprint density at radius 2 is 2.04 bits per heavy atom. The van der Waals surface area contributed by atoms with E-state index in [0.717, 1.165) is 19.3 Å². The normalized spacial score (nSPS) is 16.5. The average Bonchev–Trinajstić information content (AvgIpc) is 3.12. The first-order chi connectivity index (χ1) is 12.1. The highest BCUT2D eigenvalue weighted by molar-refractivity contribution is 7.99. The predicted molar refractivity (Wildman–Crippen MR) is 98.1 cm³/mol. The molecule has 1 saturated heterocycles. The Morgan fingerprint density at radius 3 is 2.80 bits per heavy atom. The Hall–Kier alpha value is -1.35. The van der Waals surface area contributed by atoms with E-state index in [-0.39, 0.29) is 4.90 Å². The third-order valence-corrected chi connectivity index (χ3v) is 6.68. The summed E-state index contributed by atoms with van der Waals surface area (Å²) in [5, 5.41) is 8.36. The van der Waals surface area contributed by atoms with Crippen LogP contribution in [0.5, 0.6) is 0 Å². The summed E-state index contributed by atoms with van der Waals surface area (Å²) >= 11 is 6.83. The van der Waals surface area contributed by atoms with Gasteiger partial charge in [-0.25, -0.2) is 8.42 Å². The quantitative estimate of drug-likeness (QED) is 0.688. The van der Waals surface area contributed by atoms with Crippen molar-refractivity contribution in [3.63, 3.8) is 0 Å². The van der Waals surface area contributed by atoms with Gasteiger partial charge in [-0.05, 0) is 31.0 Å². The molecular formula is C16H18ClN3O3S2. The van der Waals surface area contributed by atoms with Gasteiger partial charge in [0.25, 0.3) is 5.22 Å². The van der Waals surface area contributed by atoms with Crippen LogP contribution in [0.15, 0.2) is 50.4 Å². The maximum Gasteiger partial charge on any atom is 0.277 e. The number of hydrogen-bond donors (Lipinski definition) is 0. The number of nitrogens with zero attached hydrogens (tertiary/aromatic N) is 3. The monoisotopic (exact) mass is 399 g/mol. The molecule has 0 bridgehead atoms. The maximum absolute atomic E-state index is 12.8. The van der Waals surface area contributed by atoms with Crippen molar-refractivity contribution < 1.29 is 12.8 Å². The second-order valence-electron chi connectivity index (χ2n) is 5.54. The number of benzene rings is 1. The molecule has 1 aliphatic rings. The van der Waals surface area contributed by atoms with Gasteiger partial charge in [-0.2, -0.15) is 4.31 Å². The molecule has 1 aromatic heterocycles. The van der Waals surface area contributed by atoms with E-state index in [0.29, 0.717) is 35.5 Å². The molecule has 0 spiro atoms. The molecule has 0 unspecified atom stereocenters. The van der Waals surface area contributed by atoms with Crippen molar-refractivity contribution in [2.45, 2.75) is 29.4 Å². The molecule has 0 atom stereocenters. The van der Waals surface area contributed by atoms with Crippen LogP contribution in [0.1, 0.15) is 19.3 Å². The molecule has 1 fully saturated rings. The molecule has 3 rings (SSSR count). The van der Waals surface area contributed by atoms with Crippen molar-refractivity contribution in [1.82, 2.24) is 14.5 Å². The van der Waals surface area contributed by atoms with Crippen molar-refractivity contribution in [3.8, 4) is 11.5 Å². The molecule has 0 amide bonds. The lowest BCUT2D eigenvalue weighted by atomic mass is 10.2. The van der Waals surface area contributed by atoms with Gasteiger partial charge in [0.2, 0.25) is 15.9 Å². The minimum absolute atomic E-state index is 0.254. The summed E-state index contributed by atoms with van der Waals surface area (Å²) in [5.74, 6) is 0.919. The highest BCUT2D eigenvalue weighted by atomic mass is 35.5. The SMILES string of the molecule is O=S(=O)(c1cccc(-c2nnc(SC/C=C/Cl)o2)c1)N1CCCCC1. The number of rotatable bonds is 6. The van der Waals surface area contributed by atoms with Crippen molar-refractivity contribution in [2.24, 2.45) is 0 Å². The summed E-state index contributed by atoms with van der Waals surface area (Å²) in [6.07, 6.45) is 4.65. The van der Waals surface area contributed by atoms with Crippen LogP contribution in [-0.4, -0.2) is 41.8 Å². The molecule has 1 aliphatic heterocycles. The van der Waals surface area contributed by atoms with Crippen LogP contribution < -0.4 is 0 Å². The smallest absolute Gasteiger partial charge is 0.277 e. The third-order valence-electron chi connectivity index (χ3n) is 3.83. The van der Waals surface area contributed by atoms with E-state index in [9.17, 15) is 8.42 Å². The standard InChI is InChI=1S/C16H18ClN3O3S2/c17-8-5-11-24-16-19-18-15(23-16)13-6-4-7-14(12-13)25(21,22)20-9-2-1-3-10-20/h4-8,12H,1-3,9-11H2/b8-5+. The van der Waals surface area contributed by atoms with Crippen LogP contribution >= 0.6 is 23.4 Å². The summed E-state index contributed by atoms with van der Waals surface area (Å²) in [6.45, 7) is 1.14. The first-order valence-corrected chi connectivity index (χ1v) is 10.8. The lowest BCUT2D eigenvalue weighted by Crippen LogP contribution is -2.35. The molecule has 1 aromatic carbocycles. The summed E-state index contributed by atoms with van der Waals surface area (Å²) in [7, 11) is -3.49. The largest absolute Gasteiger partial charge is 0.411 e. The average molecular weight is 400 g/mol. The number of halogens is 1. The molecule has 0 N–H and O–H groups in total. The molecule has 0 saturated carbocycles. The van der Waals surface area contributed by atoms with Gasteiger partial charge in [0.05, 0.1) is 4.90 Å². The van der Waals surface area contributed by atoms with Crippen LogP contribution in [0.3, 0.4) is 0 Å². The zero-order valence-electron chi connectivity index (χ0n) is 13.5. The highest BCUT2D eigenvalue weighted by Gasteiger charge is 2.26. The Balaban J connectivity index is 1.81. The Labute approximate surface area is 156 Å². The molecule has 2 aromatic rings. The van der Waals surface area contributed by atoms with Crippen molar-refractivity contribution in [2.75, 3.05) is 18.8 Å². The zero-order valence-corrected chi connectivity index (χ0v) is 15.9. The zero-order chi connectivity index (χ0) is 17.7. The first-order valence-electron chi connectivity index (χ1n) is 7.93. The van der Waals surface area contributed by atoms with E-state index >= 15 is 0 Å². The van der Waals surface area contributed by atoms with Crippen molar-refractivity contribution in [1.29, 1.82) is 0 Å². The van der Waals surface area contributed by atoms with E-state index in [1.807, 2.05) is 0 Å². The van der Waals surface area contributed by atoms with E-state index in [1.54, 1.807) is 34.6 Å². The molecule has 6 nitrogen and oxygen atoms in total. The van der Waals surface area contributed by atoms with E-state index in [1.165, 1.54) is 17.3 Å². The van der Waals surface area contributed by atoms with Gasteiger partial charge in [0.1, 0.15) is 0 Å². The Kier molecular flexibility index (Phi) is 6.16. The second-order valence-corrected chi connectivity index (χ2v) is 8.70. The highest BCUT2D eigenvalue weighted by Crippen LogP contribution is 2.27. The molecule has 0 radical (unpaired) electrons. The molecule has 2 heterocycles. The van der Waals surface area contributed by atoms with Gasteiger partial charge >= 0.3 is 0 Å². The Morgan fingerprint density at radius 1 is 1.24 bits per heavy atom. The Bertz CT molecular complexity index is 846. The van der Waals surface area contributed by atoms with E-state index < -0.39 is 10.0 Å². The number of hydrogen-bond acceptors (Lipinski definition) is 6. The van der Waals surface area contributed by atoms with Gasteiger partial charge in [0, 0.05) is 29.9 Å². The fraction of sp³-hybridized carbons (Fsp3) is 0.375. The molecular weight excluding hydrogens is 382 g/mol. The number of thioether (sulfide) groups is 1. The fourth-order valence-electron chi connectivity index (χ4n) is 2.58. The molecule has 0 aliphatic carbocycles. The van der Waals surface area contributed by atoms with Crippen molar-refractivity contribution in [3.05, 3.63) is 35.9 Å². The maximum atomic E-state index is 12.8. The summed E-state index contributed by atoms with van der Waals surface area (Å²) in [4.78, 5) is 0.254. The van der Waals surface area contributed by atoms with Crippen LogP contribution in [-0.2, 0) is 10.0 Å². The lowest BCUT2D eigenvalue weighted by molar-refractivity contribution is 0.346. The minimum atomic E-state index is -3.49. The molecule has 134 valence electrons. The second kappa shape index (κ2) is 8.35. The third kappa shape index (κ3) is 4.44. The van der Waals surface area contributed by atoms with Crippen LogP contribution in [0.25, 0.3) is 11.5 Å². The molecule has 9 heteroatoms. The van der Waals surface area contributed by atoms with Gasteiger partial charge < -0.3 is 4.42 Å². The van der Waals surface area contributed by atoms with Crippen LogP contribution in [0.4, 0.5) is 0 Å².